The first-order valence-electron chi connectivity index (χ1n) is 10.1. The zero-order chi connectivity index (χ0) is 20.0. The van der Waals surface area contributed by atoms with Gasteiger partial charge in [-0.05, 0) is 45.4 Å². The van der Waals surface area contributed by atoms with Gasteiger partial charge in [-0.3, -0.25) is 9.59 Å². The average molecular weight is 405 g/mol. The summed E-state index contributed by atoms with van der Waals surface area (Å²) in [5.41, 5.74) is -0.700. The first kappa shape index (κ1) is 20.6. The Morgan fingerprint density at radius 3 is 2.75 bits per heavy atom. The molecule has 0 unspecified atom stereocenters. The van der Waals surface area contributed by atoms with Crippen LogP contribution in [0.5, 0.6) is 0 Å². The van der Waals surface area contributed by atoms with E-state index >= 15 is 0 Å². The molecule has 1 N–H and O–H groups in total. The van der Waals surface area contributed by atoms with Gasteiger partial charge in [0.2, 0.25) is 11.8 Å². The summed E-state index contributed by atoms with van der Waals surface area (Å²) >= 11 is 1.32. The van der Waals surface area contributed by atoms with E-state index in [2.05, 4.69) is 21.6 Å². The second-order valence-electron chi connectivity index (χ2n) is 7.51. The van der Waals surface area contributed by atoms with Crippen molar-refractivity contribution in [1.29, 1.82) is 5.26 Å². The van der Waals surface area contributed by atoms with E-state index in [1.807, 2.05) is 16.4 Å². The van der Waals surface area contributed by atoms with E-state index in [-0.39, 0.29) is 17.6 Å². The first-order chi connectivity index (χ1) is 13.6. The Labute approximate surface area is 170 Å². The summed E-state index contributed by atoms with van der Waals surface area (Å²) in [6.07, 6.45) is 7.06. The monoisotopic (exact) mass is 404 g/mol. The van der Waals surface area contributed by atoms with E-state index in [9.17, 15) is 14.9 Å². The topological polar surface area (TPSA) is 104 Å². The largest absolute Gasteiger partial charge is 0.337 e. The number of hydrogen-bond donors (Lipinski definition) is 1. The fourth-order valence-corrected chi connectivity index (χ4v) is 4.73. The molecule has 0 bridgehead atoms. The van der Waals surface area contributed by atoms with Crippen LogP contribution in [0, 0.1) is 11.3 Å². The minimum absolute atomic E-state index is 0.150. The summed E-state index contributed by atoms with van der Waals surface area (Å²) in [5, 5.41) is 21.5. The van der Waals surface area contributed by atoms with Gasteiger partial charge >= 0.3 is 0 Å². The van der Waals surface area contributed by atoms with Crippen LogP contribution in [0.25, 0.3) is 0 Å². The summed E-state index contributed by atoms with van der Waals surface area (Å²) in [7, 11) is 0. The summed E-state index contributed by atoms with van der Waals surface area (Å²) in [6.45, 7) is 3.90. The molecule has 1 aromatic rings. The number of rotatable bonds is 7. The second-order valence-corrected chi connectivity index (χ2v) is 8.45. The molecule has 1 saturated heterocycles. The molecule has 0 spiro atoms. The van der Waals surface area contributed by atoms with Crippen molar-refractivity contribution in [2.45, 2.75) is 82.1 Å². The molecule has 1 saturated carbocycles. The van der Waals surface area contributed by atoms with Crippen LogP contribution in [0.2, 0.25) is 0 Å². The van der Waals surface area contributed by atoms with Crippen molar-refractivity contribution in [3.8, 4) is 6.07 Å². The van der Waals surface area contributed by atoms with Crippen molar-refractivity contribution in [2.24, 2.45) is 0 Å². The highest BCUT2D eigenvalue weighted by molar-refractivity contribution is 7.99. The molecule has 3 rings (SSSR count). The number of carbonyl (C=O) groups excluding carboxylic acids is 2. The fourth-order valence-electron chi connectivity index (χ4n) is 3.91. The maximum absolute atomic E-state index is 12.3. The van der Waals surface area contributed by atoms with Crippen LogP contribution >= 0.6 is 11.8 Å². The van der Waals surface area contributed by atoms with Crippen molar-refractivity contribution < 1.29 is 9.59 Å². The van der Waals surface area contributed by atoms with Gasteiger partial charge in [-0.15, -0.1) is 10.2 Å². The highest BCUT2D eigenvalue weighted by Crippen LogP contribution is 2.29. The van der Waals surface area contributed by atoms with Crippen molar-refractivity contribution in [1.82, 2.24) is 25.0 Å². The van der Waals surface area contributed by atoms with Crippen molar-refractivity contribution in [3.05, 3.63) is 5.82 Å². The third-order valence-electron chi connectivity index (χ3n) is 5.50. The molecule has 1 aliphatic carbocycles. The third-order valence-corrected chi connectivity index (χ3v) is 6.46. The lowest BCUT2D eigenvalue weighted by Crippen LogP contribution is -2.45. The highest BCUT2D eigenvalue weighted by atomic mass is 32.2. The third kappa shape index (κ3) is 4.85. The Balaban J connectivity index is 1.59. The Hall–Kier alpha value is -2.08. The van der Waals surface area contributed by atoms with Crippen molar-refractivity contribution >= 4 is 23.6 Å². The molecule has 2 amide bonds. The SMILES string of the molecule is CCn1c(CN2CCCCCC2=O)nnc1SCC(=O)NC1(C#N)CCCC1. The molecular weight excluding hydrogens is 376 g/mol. The van der Waals surface area contributed by atoms with Gasteiger partial charge in [-0.25, -0.2) is 0 Å². The summed E-state index contributed by atoms with van der Waals surface area (Å²) < 4.78 is 1.96. The predicted molar refractivity (Wildman–Crippen MR) is 105 cm³/mol. The number of nitriles is 1. The number of hydrogen-bond acceptors (Lipinski definition) is 6. The Kier molecular flexibility index (Phi) is 6.94. The quantitative estimate of drug-likeness (QED) is 0.699. The minimum atomic E-state index is -0.700. The fraction of sp³-hybridized carbons (Fsp3) is 0.737. The molecular formula is C19H28N6O2S. The van der Waals surface area contributed by atoms with Gasteiger partial charge < -0.3 is 14.8 Å². The van der Waals surface area contributed by atoms with E-state index in [4.69, 9.17) is 0 Å². The standard InChI is InChI=1S/C19H28N6O2S/c1-2-25-15(12-24-11-7-3-4-8-17(24)27)22-23-18(25)28-13-16(26)21-19(14-20)9-5-6-10-19/h2-13H2,1H3,(H,21,26). The maximum Gasteiger partial charge on any atom is 0.231 e. The van der Waals surface area contributed by atoms with Gasteiger partial charge in [-0.2, -0.15) is 5.26 Å². The maximum atomic E-state index is 12.3. The van der Waals surface area contributed by atoms with Gasteiger partial charge in [0, 0.05) is 19.5 Å². The molecule has 0 atom stereocenters. The Morgan fingerprint density at radius 2 is 2.04 bits per heavy atom. The van der Waals surface area contributed by atoms with Crippen LogP contribution in [0.4, 0.5) is 0 Å². The van der Waals surface area contributed by atoms with Gasteiger partial charge in [0.05, 0.1) is 18.4 Å². The minimum Gasteiger partial charge on any atom is -0.337 e. The molecule has 2 fully saturated rings. The zero-order valence-electron chi connectivity index (χ0n) is 16.4. The number of aromatic nitrogens is 3. The summed E-state index contributed by atoms with van der Waals surface area (Å²) in [6, 6.07) is 2.28. The van der Waals surface area contributed by atoms with E-state index in [1.54, 1.807) is 0 Å². The predicted octanol–water partition coefficient (Wildman–Crippen LogP) is 2.25. The number of thioether (sulfide) groups is 1. The smallest absolute Gasteiger partial charge is 0.231 e. The number of nitrogens with zero attached hydrogens (tertiary/aromatic N) is 5. The number of nitrogens with one attached hydrogen (secondary N) is 1. The second kappa shape index (κ2) is 9.41. The molecule has 9 heteroatoms. The van der Waals surface area contributed by atoms with Crippen LogP contribution in [0.1, 0.15) is 64.1 Å². The summed E-state index contributed by atoms with van der Waals surface area (Å²) in [5.74, 6) is 0.980. The van der Waals surface area contributed by atoms with E-state index < -0.39 is 5.54 Å². The zero-order valence-corrected chi connectivity index (χ0v) is 17.3. The van der Waals surface area contributed by atoms with E-state index in [1.165, 1.54) is 11.8 Å². The van der Waals surface area contributed by atoms with Crippen LogP contribution in [-0.2, 0) is 22.7 Å². The van der Waals surface area contributed by atoms with Gasteiger partial charge in [-0.1, -0.05) is 18.2 Å². The van der Waals surface area contributed by atoms with Crippen LogP contribution in [-0.4, -0.2) is 49.3 Å². The molecule has 1 aromatic heterocycles. The molecule has 2 aliphatic rings. The van der Waals surface area contributed by atoms with Crippen LogP contribution in [0.15, 0.2) is 5.16 Å². The lowest BCUT2D eigenvalue weighted by molar-refractivity contribution is -0.131. The molecule has 0 radical (unpaired) electrons. The summed E-state index contributed by atoms with van der Waals surface area (Å²) in [4.78, 5) is 26.5. The lowest BCUT2D eigenvalue weighted by atomic mass is 10.0. The molecule has 0 aromatic carbocycles. The molecule has 8 nitrogen and oxygen atoms in total. The molecule has 152 valence electrons. The number of amides is 2. The Morgan fingerprint density at radius 1 is 1.25 bits per heavy atom. The Bertz CT molecular complexity index is 750. The highest BCUT2D eigenvalue weighted by Gasteiger charge is 2.35. The van der Waals surface area contributed by atoms with Crippen molar-refractivity contribution in [3.63, 3.8) is 0 Å². The van der Waals surface area contributed by atoms with Gasteiger partial charge in [0.25, 0.3) is 0 Å². The molecule has 2 heterocycles. The van der Waals surface area contributed by atoms with E-state index in [0.29, 0.717) is 24.7 Å². The number of likely N-dealkylation sites (tertiary alicyclic amines) is 1. The number of carbonyl (C=O) groups is 2. The van der Waals surface area contributed by atoms with E-state index in [0.717, 1.165) is 57.3 Å². The average Bonchev–Trinajstić information content (AvgIpc) is 3.26. The normalized spacial score (nSPS) is 19.3. The lowest BCUT2D eigenvalue weighted by Gasteiger charge is -2.22. The van der Waals surface area contributed by atoms with Gasteiger partial charge in [0.15, 0.2) is 11.0 Å². The van der Waals surface area contributed by atoms with Crippen LogP contribution < -0.4 is 5.32 Å². The molecule has 1 aliphatic heterocycles. The van der Waals surface area contributed by atoms with Gasteiger partial charge in [0.1, 0.15) is 5.54 Å². The van der Waals surface area contributed by atoms with Crippen molar-refractivity contribution in [2.75, 3.05) is 12.3 Å². The molecule has 28 heavy (non-hydrogen) atoms. The first-order valence-corrected chi connectivity index (χ1v) is 11.1. The van der Waals surface area contributed by atoms with Crippen LogP contribution in [0.3, 0.4) is 0 Å².